The van der Waals surface area contributed by atoms with E-state index in [2.05, 4.69) is 21.2 Å². The summed E-state index contributed by atoms with van der Waals surface area (Å²) in [5.41, 5.74) is 5.53. The molecule has 1 aliphatic rings. The van der Waals surface area contributed by atoms with Crippen LogP contribution in [0.25, 0.3) is 11.2 Å². The second kappa shape index (κ2) is 9.48. The maximum absolute atomic E-state index is 11.6. The molecule has 2 N–H and O–H groups in total. The summed E-state index contributed by atoms with van der Waals surface area (Å²) in [7, 11) is -1.22. The van der Waals surface area contributed by atoms with Crippen LogP contribution in [0.5, 0.6) is 0 Å². The summed E-state index contributed by atoms with van der Waals surface area (Å²) >= 11 is 6.49. The Morgan fingerprint density at radius 3 is 2.59 bits per heavy atom. The van der Waals surface area contributed by atoms with Crippen LogP contribution in [-0.4, -0.2) is 36.6 Å². The molecule has 1 aliphatic carbocycles. The molecule has 0 saturated heterocycles. The van der Waals surface area contributed by atoms with Crippen molar-refractivity contribution in [3.8, 4) is 0 Å². The van der Waals surface area contributed by atoms with Gasteiger partial charge in [-0.15, -0.1) is 0 Å². The van der Waals surface area contributed by atoms with Crippen LogP contribution in [0.15, 0.2) is 53.7 Å². The van der Waals surface area contributed by atoms with E-state index in [1.165, 1.54) is 0 Å². The molecule has 4 rings (SSSR count). The molecule has 2 heterocycles. The third kappa shape index (κ3) is 5.06. The minimum absolute atomic E-state index is 0.0716. The molecule has 10 heteroatoms. The number of aromatic nitrogens is 3. The van der Waals surface area contributed by atoms with Gasteiger partial charge in [0.05, 0.1) is 11.4 Å². The Morgan fingerprint density at radius 2 is 1.91 bits per heavy atom. The van der Waals surface area contributed by atoms with Crippen LogP contribution < -0.4 is 15.5 Å². The first-order valence-electron chi connectivity index (χ1n) is 10.6. The zero-order valence-electron chi connectivity index (χ0n) is 18.1. The molecule has 32 heavy (non-hydrogen) atoms. The summed E-state index contributed by atoms with van der Waals surface area (Å²) in [4.78, 5) is 4.79. The Labute approximate surface area is 194 Å². The fraction of sp³-hybridized carbons (Fsp3) is 0.273. The summed E-state index contributed by atoms with van der Waals surface area (Å²) in [6.07, 6.45) is 7.71. The highest BCUT2D eigenvalue weighted by Gasteiger charge is 2.15. The standard InChI is InChI=1S/C22H25BClN5O2S/c1-2-32(30,31)27-13-16-9-7-15(8-10-16)12-25-21-11-20(17-5-3-4-6-19(17)24)28-22-18(23)14-26-29(21)22/h3,5,7-11,14,25,27H,2,4,6,12-13,23H2,1H3. The van der Waals surface area contributed by atoms with Crippen molar-refractivity contribution < 1.29 is 8.42 Å². The predicted octanol–water partition coefficient (Wildman–Crippen LogP) is 2.34. The first kappa shape index (κ1) is 22.6. The van der Waals surface area contributed by atoms with E-state index in [4.69, 9.17) is 16.6 Å². The second-order valence-electron chi connectivity index (χ2n) is 7.74. The Morgan fingerprint density at radius 1 is 1.19 bits per heavy atom. The van der Waals surface area contributed by atoms with Gasteiger partial charge in [0.25, 0.3) is 0 Å². The third-order valence-corrected chi connectivity index (χ3v) is 7.14. The normalized spacial score (nSPS) is 14.3. The number of allylic oxidation sites excluding steroid dienone is 4. The van der Waals surface area contributed by atoms with Crippen LogP contribution in [0.2, 0.25) is 0 Å². The summed E-state index contributed by atoms with van der Waals surface area (Å²) < 4.78 is 27.6. The van der Waals surface area contributed by atoms with Gasteiger partial charge in [-0.05, 0) is 36.4 Å². The number of nitrogens with zero attached hydrogens (tertiary/aromatic N) is 3. The number of rotatable bonds is 8. The van der Waals surface area contributed by atoms with Crippen molar-refractivity contribution in [1.82, 2.24) is 19.3 Å². The predicted molar refractivity (Wildman–Crippen MR) is 132 cm³/mol. The molecule has 0 aliphatic heterocycles. The van der Waals surface area contributed by atoms with Gasteiger partial charge in [-0.1, -0.05) is 48.0 Å². The van der Waals surface area contributed by atoms with Crippen molar-refractivity contribution in [3.05, 3.63) is 70.5 Å². The Kier molecular flexibility index (Phi) is 6.69. The minimum Gasteiger partial charge on any atom is -0.366 e. The average molecular weight is 470 g/mol. The Bertz CT molecular complexity index is 1300. The molecule has 166 valence electrons. The van der Waals surface area contributed by atoms with Crippen LogP contribution in [-0.2, 0) is 23.1 Å². The van der Waals surface area contributed by atoms with Gasteiger partial charge in [0.15, 0.2) is 5.65 Å². The smallest absolute Gasteiger partial charge is 0.211 e. The number of nitrogens with one attached hydrogen (secondary N) is 2. The van der Waals surface area contributed by atoms with E-state index < -0.39 is 10.0 Å². The number of halogens is 1. The molecule has 0 spiro atoms. The summed E-state index contributed by atoms with van der Waals surface area (Å²) in [6, 6.07) is 9.80. The Hall–Kier alpha value is -2.62. The van der Waals surface area contributed by atoms with Crippen LogP contribution >= 0.6 is 11.6 Å². The number of anilines is 1. The van der Waals surface area contributed by atoms with Gasteiger partial charge in [0.2, 0.25) is 10.0 Å². The zero-order chi connectivity index (χ0) is 22.7. The molecule has 1 aromatic carbocycles. The first-order chi connectivity index (χ1) is 15.4. The van der Waals surface area contributed by atoms with Crippen molar-refractivity contribution >= 4 is 52.0 Å². The summed E-state index contributed by atoms with van der Waals surface area (Å²) in [6.45, 7) is 2.49. The van der Waals surface area contributed by atoms with Crippen molar-refractivity contribution in [2.45, 2.75) is 32.9 Å². The highest BCUT2D eigenvalue weighted by Crippen LogP contribution is 2.30. The van der Waals surface area contributed by atoms with Crippen molar-refractivity contribution in [3.63, 3.8) is 0 Å². The van der Waals surface area contributed by atoms with E-state index in [9.17, 15) is 8.42 Å². The van der Waals surface area contributed by atoms with Gasteiger partial charge in [-0.3, -0.25) is 0 Å². The average Bonchev–Trinajstić information content (AvgIpc) is 3.18. The van der Waals surface area contributed by atoms with E-state index >= 15 is 0 Å². The minimum atomic E-state index is -3.21. The van der Waals surface area contributed by atoms with Gasteiger partial charge in [-0.2, -0.15) is 9.61 Å². The molecule has 0 fully saturated rings. The lowest BCUT2D eigenvalue weighted by Crippen LogP contribution is -2.24. The molecule has 0 saturated carbocycles. The molecule has 0 atom stereocenters. The molecule has 0 bridgehead atoms. The number of benzene rings is 1. The maximum Gasteiger partial charge on any atom is 0.211 e. The number of sulfonamides is 1. The van der Waals surface area contributed by atoms with Crippen LogP contribution in [0.3, 0.4) is 0 Å². The molecule has 7 nitrogen and oxygen atoms in total. The van der Waals surface area contributed by atoms with E-state index in [1.54, 1.807) is 17.6 Å². The lowest BCUT2D eigenvalue weighted by molar-refractivity contribution is 0.582. The topological polar surface area (TPSA) is 88.4 Å². The fourth-order valence-electron chi connectivity index (χ4n) is 3.46. The maximum atomic E-state index is 11.6. The highest BCUT2D eigenvalue weighted by atomic mass is 35.5. The monoisotopic (exact) mass is 469 g/mol. The van der Waals surface area contributed by atoms with E-state index in [0.29, 0.717) is 6.54 Å². The fourth-order valence-corrected chi connectivity index (χ4v) is 4.32. The van der Waals surface area contributed by atoms with Gasteiger partial charge in [0.1, 0.15) is 13.7 Å². The lowest BCUT2D eigenvalue weighted by atomic mass is 10.00. The second-order valence-corrected chi connectivity index (χ2v) is 10.3. The molecule has 3 aromatic rings. The highest BCUT2D eigenvalue weighted by molar-refractivity contribution is 7.89. The van der Waals surface area contributed by atoms with Gasteiger partial charge in [-0.25, -0.2) is 18.1 Å². The molecular formula is C22H25BClN5O2S. The molecule has 0 amide bonds. The molecule has 2 aromatic heterocycles. The zero-order valence-corrected chi connectivity index (χ0v) is 19.7. The van der Waals surface area contributed by atoms with E-state index in [0.717, 1.165) is 57.2 Å². The van der Waals surface area contributed by atoms with Crippen molar-refractivity contribution in [1.29, 1.82) is 0 Å². The molecular weight excluding hydrogens is 445 g/mol. The van der Waals surface area contributed by atoms with Crippen LogP contribution in [0.1, 0.15) is 36.6 Å². The number of hydrogen-bond donors (Lipinski definition) is 2. The van der Waals surface area contributed by atoms with Gasteiger partial charge >= 0.3 is 0 Å². The number of hydrogen-bond acceptors (Lipinski definition) is 5. The number of fused-ring (bicyclic) bond motifs is 1. The largest absolute Gasteiger partial charge is 0.366 e. The molecule has 0 unspecified atom stereocenters. The van der Waals surface area contributed by atoms with E-state index in [-0.39, 0.29) is 12.3 Å². The molecule has 0 radical (unpaired) electrons. The summed E-state index contributed by atoms with van der Waals surface area (Å²) in [5.74, 6) is 0.899. The van der Waals surface area contributed by atoms with Crippen molar-refractivity contribution in [2.75, 3.05) is 11.1 Å². The lowest BCUT2D eigenvalue weighted by Gasteiger charge is -2.14. The SMILES string of the molecule is Bc1cnn2c(NCc3ccc(CNS(=O)(=O)CC)cc3)cc(C3=C(Cl)CCC=C3)nc12. The first-order valence-corrected chi connectivity index (χ1v) is 12.6. The quantitative estimate of drug-likeness (QED) is 0.494. The van der Waals surface area contributed by atoms with Crippen LogP contribution in [0, 0.1) is 0 Å². The third-order valence-electron chi connectivity index (χ3n) is 5.40. The summed E-state index contributed by atoms with van der Waals surface area (Å²) in [5, 5.41) is 8.74. The van der Waals surface area contributed by atoms with Crippen molar-refractivity contribution in [2.24, 2.45) is 0 Å². The van der Waals surface area contributed by atoms with Crippen LogP contribution in [0.4, 0.5) is 5.82 Å². The van der Waals surface area contributed by atoms with Gasteiger partial charge in [0, 0.05) is 36.0 Å². The van der Waals surface area contributed by atoms with Gasteiger partial charge < -0.3 is 5.32 Å². The van der Waals surface area contributed by atoms with E-state index in [1.807, 2.05) is 44.3 Å². The Balaban J connectivity index is 1.54.